The molecule has 7 heteroatoms. The normalized spacial score (nSPS) is 13.4. The smallest absolute Gasteiger partial charge is 0.417 e. The van der Waals surface area contributed by atoms with E-state index in [4.69, 9.17) is 5.11 Å². The van der Waals surface area contributed by atoms with Crippen LogP contribution in [0.15, 0.2) is 22.8 Å². The van der Waals surface area contributed by atoms with E-state index in [1.807, 2.05) is 0 Å². The lowest BCUT2D eigenvalue weighted by Gasteiger charge is -2.09. The van der Waals surface area contributed by atoms with Crippen LogP contribution in [0.3, 0.4) is 0 Å². The summed E-state index contributed by atoms with van der Waals surface area (Å²) in [4.78, 5) is 10.4. The highest BCUT2D eigenvalue weighted by atomic mass is 32.1. The number of hydrogen-bond acceptors (Lipinski definition) is 2. The Morgan fingerprint density at radius 2 is 2.06 bits per heavy atom. The average Bonchev–Trinajstić information content (AvgIpc) is 2.72. The van der Waals surface area contributed by atoms with Gasteiger partial charge in [-0.25, -0.2) is 4.79 Å². The summed E-state index contributed by atoms with van der Waals surface area (Å²) < 4.78 is 50.9. The number of carboxylic acids is 1. The van der Waals surface area contributed by atoms with Crippen molar-refractivity contribution in [3.8, 4) is 0 Å². The van der Waals surface area contributed by atoms with Gasteiger partial charge in [-0.3, -0.25) is 0 Å². The molecule has 0 unspecified atom stereocenters. The lowest BCUT2D eigenvalue weighted by molar-refractivity contribution is -0.137. The zero-order chi connectivity index (χ0) is 13.9. The molecule has 0 aliphatic heterocycles. The van der Waals surface area contributed by atoms with Gasteiger partial charge in [0, 0.05) is 11.3 Å². The van der Waals surface area contributed by atoms with Crippen molar-refractivity contribution < 1.29 is 27.5 Å². The topological polar surface area (TPSA) is 37.3 Å². The molecular formula is C11H10F4O2S. The second kappa shape index (κ2) is 5.51. The molecule has 0 aliphatic rings. The van der Waals surface area contributed by atoms with Crippen LogP contribution in [-0.4, -0.2) is 11.1 Å². The van der Waals surface area contributed by atoms with E-state index >= 15 is 0 Å². The number of halogens is 4. The summed E-state index contributed by atoms with van der Waals surface area (Å²) in [7, 11) is 0. The third-order valence-corrected chi connectivity index (χ3v) is 3.27. The first-order valence-electron chi connectivity index (χ1n) is 5.01. The molecule has 0 saturated heterocycles. The molecule has 1 rings (SSSR count). The first-order chi connectivity index (χ1) is 8.27. The van der Waals surface area contributed by atoms with Gasteiger partial charge in [0.25, 0.3) is 0 Å². The van der Waals surface area contributed by atoms with Gasteiger partial charge >= 0.3 is 12.1 Å². The van der Waals surface area contributed by atoms with Gasteiger partial charge in [0.15, 0.2) is 0 Å². The van der Waals surface area contributed by atoms with Crippen molar-refractivity contribution in [3.05, 3.63) is 33.3 Å². The fraction of sp³-hybridized carbons (Fsp3) is 0.364. The quantitative estimate of drug-likeness (QED) is 0.668. The second-order valence-corrected chi connectivity index (χ2v) is 4.51. The van der Waals surface area contributed by atoms with E-state index in [0.29, 0.717) is 0 Å². The van der Waals surface area contributed by atoms with Crippen LogP contribution in [0.25, 0.3) is 0 Å². The van der Waals surface area contributed by atoms with Gasteiger partial charge in [-0.15, -0.1) is 11.3 Å². The molecule has 0 radical (unpaired) electrons. The number of thiophene rings is 1. The van der Waals surface area contributed by atoms with Gasteiger partial charge in [0.1, 0.15) is 0 Å². The lowest BCUT2D eigenvalue weighted by Crippen LogP contribution is -2.08. The Hall–Kier alpha value is -1.37. The lowest BCUT2D eigenvalue weighted by atomic mass is 10.1. The van der Waals surface area contributed by atoms with Gasteiger partial charge in [0.2, 0.25) is 5.83 Å². The number of alkyl halides is 3. The summed E-state index contributed by atoms with van der Waals surface area (Å²) in [6.45, 7) is 1.50. The van der Waals surface area contributed by atoms with Crippen molar-refractivity contribution in [2.45, 2.75) is 25.9 Å². The summed E-state index contributed by atoms with van der Waals surface area (Å²) in [5.74, 6) is -3.13. The standard InChI is InChI=1S/C11H10F4O2S/c1-2-6(9(12)10(16)17)5-8-7(3-4-18-8)11(13,14)15/h3-4H,2,5H2,1H3,(H,16,17). The minimum absolute atomic E-state index is 0.0489. The van der Waals surface area contributed by atoms with Crippen molar-refractivity contribution in [1.29, 1.82) is 0 Å². The van der Waals surface area contributed by atoms with E-state index in [1.165, 1.54) is 12.3 Å². The van der Waals surface area contributed by atoms with Crippen molar-refractivity contribution >= 4 is 17.3 Å². The van der Waals surface area contributed by atoms with Crippen LogP contribution in [-0.2, 0) is 17.4 Å². The Morgan fingerprint density at radius 3 is 2.50 bits per heavy atom. The molecule has 0 aromatic carbocycles. The minimum Gasteiger partial charge on any atom is -0.476 e. The van der Waals surface area contributed by atoms with Gasteiger partial charge in [-0.2, -0.15) is 17.6 Å². The number of rotatable bonds is 4. The molecule has 100 valence electrons. The summed E-state index contributed by atoms with van der Waals surface area (Å²) in [5.41, 5.74) is -0.980. The Morgan fingerprint density at radius 1 is 1.44 bits per heavy atom. The molecule has 18 heavy (non-hydrogen) atoms. The SMILES string of the molecule is CCC(Cc1sccc1C(F)(F)F)=C(F)C(=O)O. The molecule has 0 amide bonds. The predicted octanol–water partition coefficient (Wildman–Crippen LogP) is 4.03. The molecule has 0 saturated carbocycles. The zero-order valence-electron chi connectivity index (χ0n) is 9.34. The second-order valence-electron chi connectivity index (χ2n) is 3.51. The fourth-order valence-corrected chi connectivity index (χ4v) is 2.37. The molecule has 0 spiro atoms. The average molecular weight is 282 g/mol. The number of allylic oxidation sites excluding steroid dienone is 1. The molecule has 2 nitrogen and oxygen atoms in total. The molecule has 0 fully saturated rings. The molecule has 0 atom stereocenters. The molecule has 1 aromatic rings. The minimum atomic E-state index is -4.51. The van der Waals surface area contributed by atoms with Crippen molar-refractivity contribution in [3.63, 3.8) is 0 Å². The highest BCUT2D eigenvalue weighted by Crippen LogP contribution is 2.36. The van der Waals surface area contributed by atoms with E-state index in [1.54, 1.807) is 0 Å². The Labute approximate surface area is 105 Å². The van der Waals surface area contributed by atoms with Gasteiger partial charge < -0.3 is 5.11 Å². The van der Waals surface area contributed by atoms with Gasteiger partial charge in [-0.1, -0.05) is 6.92 Å². The van der Waals surface area contributed by atoms with Crippen LogP contribution in [0.2, 0.25) is 0 Å². The highest BCUT2D eigenvalue weighted by molar-refractivity contribution is 7.10. The van der Waals surface area contributed by atoms with Crippen LogP contribution < -0.4 is 0 Å². The van der Waals surface area contributed by atoms with Gasteiger partial charge in [-0.05, 0) is 23.4 Å². The maximum Gasteiger partial charge on any atom is 0.417 e. The van der Waals surface area contributed by atoms with Crippen molar-refractivity contribution in [1.82, 2.24) is 0 Å². The number of hydrogen-bond donors (Lipinski definition) is 1. The Bertz CT molecular complexity index is 474. The fourth-order valence-electron chi connectivity index (χ4n) is 1.43. The first-order valence-corrected chi connectivity index (χ1v) is 5.89. The summed E-state index contributed by atoms with van der Waals surface area (Å²) >= 11 is 0.835. The van der Waals surface area contributed by atoms with Crippen LogP contribution in [0.4, 0.5) is 17.6 Å². The third-order valence-electron chi connectivity index (χ3n) is 2.35. The largest absolute Gasteiger partial charge is 0.476 e. The van der Waals surface area contributed by atoms with Crippen molar-refractivity contribution in [2.75, 3.05) is 0 Å². The van der Waals surface area contributed by atoms with Crippen LogP contribution >= 0.6 is 11.3 Å². The Balaban J connectivity index is 3.08. The summed E-state index contributed by atoms with van der Waals surface area (Å²) in [5, 5.41) is 9.74. The van der Waals surface area contributed by atoms with Crippen molar-refractivity contribution in [2.24, 2.45) is 0 Å². The van der Waals surface area contributed by atoms with Crippen LogP contribution in [0.1, 0.15) is 23.8 Å². The zero-order valence-corrected chi connectivity index (χ0v) is 10.2. The number of aliphatic carboxylic acids is 1. The first kappa shape index (κ1) is 14.7. The van der Waals surface area contributed by atoms with Gasteiger partial charge in [0.05, 0.1) is 5.56 Å². The monoisotopic (exact) mass is 282 g/mol. The third kappa shape index (κ3) is 3.32. The molecule has 0 bridgehead atoms. The molecular weight excluding hydrogens is 272 g/mol. The summed E-state index contributed by atoms with van der Waals surface area (Å²) in [6, 6.07) is 0.909. The highest BCUT2D eigenvalue weighted by Gasteiger charge is 2.34. The maximum atomic E-state index is 13.2. The van der Waals surface area contributed by atoms with E-state index < -0.39 is 23.5 Å². The molecule has 1 N–H and O–H groups in total. The predicted molar refractivity (Wildman–Crippen MR) is 59.1 cm³/mol. The summed E-state index contributed by atoms with van der Waals surface area (Å²) in [6.07, 6.45) is -4.79. The number of carboxylic acid groups (broad SMARTS) is 1. The van der Waals surface area contributed by atoms with Crippen LogP contribution in [0.5, 0.6) is 0 Å². The van der Waals surface area contributed by atoms with E-state index in [9.17, 15) is 22.4 Å². The Kier molecular flexibility index (Phi) is 4.50. The molecule has 1 heterocycles. The van der Waals surface area contributed by atoms with Crippen LogP contribution in [0, 0.1) is 0 Å². The maximum absolute atomic E-state index is 13.2. The molecule has 0 aliphatic carbocycles. The van der Waals surface area contributed by atoms with E-state index in [-0.39, 0.29) is 23.3 Å². The van der Waals surface area contributed by atoms with E-state index in [0.717, 1.165) is 17.4 Å². The molecule has 1 aromatic heterocycles. The number of carbonyl (C=O) groups is 1. The van der Waals surface area contributed by atoms with E-state index in [2.05, 4.69) is 0 Å².